The van der Waals surface area contributed by atoms with Crippen LogP contribution in [0.4, 0.5) is 5.69 Å². The number of fused-ring (bicyclic) bond motifs is 2. The largest absolute Gasteiger partial charge is 0.468 e. The lowest BCUT2D eigenvalue weighted by molar-refractivity contribution is -0.141. The zero-order chi connectivity index (χ0) is 24.5. The minimum absolute atomic E-state index is 0.00128. The van der Waals surface area contributed by atoms with Crippen molar-refractivity contribution in [2.24, 2.45) is 5.73 Å². The predicted octanol–water partition coefficient (Wildman–Crippen LogP) is 2.14. The number of nitrogens with zero attached hydrogens (tertiary/aromatic N) is 2. The molecule has 0 aliphatic carbocycles. The molecular weight excluding hydrogens is 438 g/mol. The van der Waals surface area contributed by atoms with E-state index < -0.39 is 29.8 Å². The molecular formula is C25H21N3O6. The fraction of sp³-hybridized carbons (Fsp3) is 0.200. The number of nitrogens with two attached hydrogens (primary N) is 1. The number of anilines is 1. The van der Waals surface area contributed by atoms with E-state index in [1.807, 2.05) is 6.07 Å². The number of para-hydroxylation sites is 1. The van der Waals surface area contributed by atoms with Gasteiger partial charge in [0, 0.05) is 16.8 Å². The average molecular weight is 459 g/mol. The number of rotatable bonds is 5. The second-order valence-corrected chi connectivity index (χ2v) is 7.48. The van der Waals surface area contributed by atoms with Gasteiger partial charge in [-0.25, -0.2) is 4.79 Å². The zero-order valence-electron chi connectivity index (χ0n) is 18.5. The Labute approximate surface area is 195 Å². The minimum Gasteiger partial charge on any atom is -0.468 e. The summed E-state index contributed by atoms with van der Waals surface area (Å²) in [5.74, 6) is -2.55. The summed E-state index contributed by atoms with van der Waals surface area (Å²) in [6.07, 6.45) is 0. The first-order chi connectivity index (χ1) is 16.4. The molecule has 2 heterocycles. The van der Waals surface area contributed by atoms with Gasteiger partial charge in [-0.05, 0) is 13.0 Å². The Kier molecular flexibility index (Phi) is 5.82. The molecule has 2 aliphatic heterocycles. The second-order valence-electron chi connectivity index (χ2n) is 7.48. The first-order valence-electron chi connectivity index (χ1n) is 10.5. The summed E-state index contributed by atoms with van der Waals surface area (Å²) in [5.41, 5.74) is 4.88. The van der Waals surface area contributed by atoms with Crippen LogP contribution in [0.3, 0.4) is 0 Å². The summed E-state index contributed by atoms with van der Waals surface area (Å²) in [5, 5.41) is 10.1. The molecule has 0 bridgehead atoms. The molecule has 0 unspecified atom stereocenters. The maximum Gasteiger partial charge on any atom is 0.339 e. The molecule has 9 heteroatoms. The van der Waals surface area contributed by atoms with Crippen LogP contribution < -0.4 is 10.6 Å². The maximum atomic E-state index is 14.2. The van der Waals surface area contributed by atoms with Crippen LogP contribution in [0.25, 0.3) is 5.76 Å². The lowest BCUT2D eigenvalue weighted by Crippen LogP contribution is -2.49. The Balaban J connectivity index is 2.12. The molecule has 1 atom stereocenters. The van der Waals surface area contributed by atoms with Crippen molar-refractivity contribution in [3.05, 3.63) is 82.8 Å². The number of nitriles is 1. The number of hydrogen-bond donors (Lipinski definition) is 1. The van der Waals surface area contributed by atoms with Gasteiger partial charge in [-0.3, -0.25) is 14.5 Å². The Bertz CT molecular complexity index is 1290. The van der Waals surface area contributed by atoms with Crippen LogP contribution in [-0.2, 0) is 34.0 Å². The van der Waals surface area contributed by atoms with Crippen molar-refractivity contribution < 1.29 is 28.6 Å². The Morgan fingerprint density at radius 2 is 1.82 bits per heavy atom. The summed E-state index contributed by atoms with van der Waals surface area (Å²) < 4.78 is 15.9. The lowest BCUT2D eigenvalue weighted by Gasteiger charge is -2.35. The molecule has 34 heavy (non-hydrogen) atoms. The summed E-state index contributed by atoms with van der Waals surface area (Å²) in [6, 6.07) is 17.2. The monoisotopic (exact) mass is 459 g/mol. The Hall–Kier alpha value is -4.58. The minimum atomic E-state index is -1.97. The summed E-state index contributed by atoms with van der Waals surface area (Å²) in [4.78, 5) is 41.0. The van der Waals surface area contributed by atoms with Crippen molar-refractivity contribution in [2.45, 2.75) is 12.3 Å². The molecule has 0 fully saturated rings. The summed E-state index contributed by atoms with van der Waals surface area (Å²) in [6.45, 7) is 1.22. The van der Waals surface area contributed by atoms with E-state index in [-0.39, 0.29) is 29.4 Å². The molecule has 172 valence electrons. The van der Waals surface area contributed by atoms with Crippen LogP contribution in [-0.4, -0.2) is 38.1 Å². The van der Waals surface area contributed by atoms with Crippen molar-refractivity contribution >= 4 is 29.3 Å². The maximum absolute atomic E-state index is 14.2. The van der Waals surface area contributed by atoms with E-state index in [0.717, 1.165) is 0 Å². The van der Waals surface area contributed by atoms with Gasteiger partial charge in [-0.1, -0.05) is 48.5 Å². The van der Waals surface area contributed by atoms with Crippen LogP contribution in [0.1, 0.15) is 18.1 Å². The van der Waals surface area contributed by atoms with Gasteiger partial charge in [-0.2, -0.15) is 5.26 Å². The number of benzene rings is 2. The van der Waals surface area contributed by atoms with Gasteiger partial charge in [0.2, 0.25) is 11.8 Å². The van der Waals surface area contributed by atoms with Gasteiger partial charge in [0.25, 0.3) is 0 Å². The van der Waals surface area contributed by atoms with E-state index in [9.17, 15) is 19.6 Å². The van der Waals surface area contributed by atoms with Gasteiger partial charge in [0.1, 0.15) is 29.5 Å². The number of amides is 1. The predicted molar refractivity (Wildman–Crippen MR) is 120 cm³/mol. The zero-order valence-corrected chi connectivity index (χ0v) is 18.5. The second kappa shape index (κ2) is 8.75. The normalized spacial score (nSPS) is 19.0. The third-order valence-electron chi connectivity index (χ3n) is 5.74. The molecule has 2 aromatic carbocycles. The van der Waals surface area contributed by atoms with E-state index in [2.05, 4.69) is 0 Å². The number of methoxy groups -OCH3 is 1. The third-order valence-corrected chi connectivity index (χ3v) is 5.74. The van der Waals surface area contributed by atoms with Gasteiger partial charge in [-0.15, -0.1) is 0 Å². The molecule has 0 saturated heterocycles. The highest BCUT2D eigenvalue weighted by Crippen LogP contribution is 2.55. The van der Waals surface area contributed by atoms with Gasteiger partial charge in [0.15, 0.2) is 5.41 Å². The van der Waals surface area contributed by atoms with Crippen molar-refractivity contribution in [2.75, 3.05) is 25.2 Å². The molecule has 0 aromatic heterocycles. The summed E-state index contributed by atoms with van der Waals surface area (Å²) in [7, 11) is 1.20. The fourth-order valence-electron chi connectivity index (χ4n) is 4.36. The van der Waals surface area contributed by atoms with Crippen molar-refractivity contribution in [3.8, 4) is 6.07 Å². The Morgan fingerprint density at radius 3 is 2.47 bits per heavy atom. The number of carbonyl (C=O) groups excluding carboxylic acids is 3. The first-order valence-corrected chi connectivity index (χ1v) is 10.5. The van der Waals surface area contributed by atoms with E-state index in [4.69, 9.17) is 19.9 Å². The number of ether oxygens (including phenoxy) is 3. The molecule has 4 rings (SSSR count). The average Bonchev–Trinajstić information content (AvgIpc) is 3.08. The van der Waals surface area contributed by atoms with Crippen LogP contribution >= 0.6 is 0 Å². The van der Waals surface area contributed by atoms with Crippen molar-refractivity contribution in [1.82, 2.24) is 0 Å². The molecule has 0 saturated carbocycles. The summed E-state index contributed by atoms with van der Waals surface area (Å²) >= 11 is 0. The molecule has 2 aliphatic rings. The van der Waals surface area contributed by atoms with E-state index >= 15 is 0 Å². The molecule has 2 N–H and O–H groups in total. The van der Waals surface area contributed by atoms with Crippen LogP contribution in [0.5, 0.6) is 0 Å². The lowest BCUT2D eigenvalue weighted by atomic mass is 9.67. The SMILES string of the molecule is CCOC(=O)C1=C(c2ccccc2)OC(N)=C(C#N)[C@@]12C(=O)N(CC(=O)OC)c1ccccc12. The number of esters is 2. The van der Waals surface area contributed by atoms with Crippen LogP contribution in [0.2, 0.25) is 0 Å². The quantitative estimate of drug-likeness (QED) is 0.673. The van der Waals surface area contributed by atoms with E-state index in [0.29, 0.717) is 16.8 Å². The standard InChI is InChI=1S/C25H21N3O6/c1-3-33-23(30)20-21(15-9-5-4-6-10-15)34-22(27)17(13-26)25(20)16-11-7-8-12-18(16)28(24(25)31)14-19(29)32-2/h4-12H,3,14,27H2,1-2H3/t25-/m1/s1. The number of carbonyl (C=O) groups is 3. The third kappa shape index (κ3) is 3.19. The Morgan fingerprint density at radius 1 is 1.15 bits per heavy atom. The highest BCUT2D eigenvalue weighted by Gasteiger charge is 2.62. The van der Waals surface area contributed by atoms with Crippen molar-refractivity contribution in [1.29, 1.82) is 5.26 Å². The van der Waals surface area contributed by atoms with Crippen LogP contribution in [0.15, 0.2) is 71.6 Å². The molecule has 2 aromatic rings. The topological polar surface area (TPSA) is 132 Å². The van der Waals surface area contributed by atoms with Gasteiger partial charge < -0.3 is 19.9 Å². The van der Waals surface area contributed by atoms with Crippen LogP contribution in [0, 0.1) is 11.3 Å². The molecule has 0 radical (unpaired) electrons. The molecule has 9 nitrogen and oxygen atoms in total. The van der Waals surface area contributed by atoms with Gasteiger partial charge in [0.05, 0.1) is 13.7 Å². The fourth-order valence-corrected chi connectivity index (χ4v) is 4.36. The highest BCUT2D eigenvalue weighted by atomic mass is 16.5. The molecule has 1 amide bonds. The number of hydrogen-bond acceptors (Lipinski definition) is 8. The van der Waals surface area contributed by atoms with Crippen molar-refractivity contribution in [3.63, 3.8) is 0 Å². The smallest absolute Gasteiger partial charge is 0.339 e. The van der Waals surface area contributed by atoms with E-state index in [1.165, 1.54) is 12.0 Å². The van der Waals surface area contributed by atoms with Gasteiger partial charge >= 0.3 is 11.9 Å². The molecule has 1 spiro atoms. The first kappa shape index (κ1) is 22.6. The highest BCUT2D eigenvalue weighted by molar-refractivity contribution is 6.21. The van der Waals surface area contributed by atoms with E-state index in [1.54, 1.807) is 61.5 Å².